The Morgan fingerprint density at radius 1 is 0.594 bits per heavy atom. The molecule has 0 radical (unpaired) electrons. The lowest BCUT2D eigenvalue weighted by Crippen LogP contribution is -2.15. The minimum absolute atomic E-state index is 0.131. The van der Waals surface area contributed by atoms with E-state index in [1.165, 1.54) is 11.1 Å². The van der Waals surface area contributed by atoms with E-state index in [0.717, 1.165) is 25.7 Å². The second-order valence-electron chi connectivity index (χ2n) is 7.96. The Morgan fingerprint density at radius 2 is 0.938 bits per heavy atom. The van der Waals surface area contributed by atoms with E-state index < -0.39 is 0 Å². The minimum Gasteiger partial charge on any atom is -0.396 e. The molecule has 0 amide bonds. The molecule has 0 unspecified atom stereocenters. The van der Waals surface area contributed by atoms with E-state index in [-0.39, 0.29) is 50.1 Å². The zero-order chi connectivity index (χ0) is 23.6. The van der Waals surface area contributed by atoms with Gasteiger partial charge in [-0.15, -0.1) is 13.2 Å². The summed E-state index contributed by atoms with van der Waals surface area (Å²) in [4.78, 5) is 0. The first-order valence-electron chi connectivity index (χ1n) is 11.4. The molecule has 176 valence electrons. The molecular weight excluding hydrogens is 400 g/mol. The number of aliphatic hydroxyl groups excluding tert-OH is 4. The maximum Gasteiger partial charge on any atom is 0.0468 e. The minimum atomic E-state index is 0.131. The van der Waals surface area contributed by atoms with Crippen LogP contribution >= 0.6 is 0 Å². The standard InChI is InChI=1S/2C14H20O2/c2*1-2-14(12-7-4-3-5-8-12)13(11-16)9-6-10-15/h2*2-5,7-8,13-16H,1,6,9-11H2/t2*13-,14+/m00/s1. The Balaban J connectivity index is 0.000000320. The van der Waals surface area contributed by atoms with Crippen molar-refractivity contribution in [1.29, 1.82) is 0 Å². The summed E-state index contributed by atoms with van der Waals surface area (Å²) in [5.41, 5.74) is 2.35. The van der Waals surface area contributed by atoms with Crippen molar-refractivity contribution in [3.8, 4) is 0 Å². The number of allylic oxidation sites excluding steroid dienone is 2. The van der Waals surface area contributed by atoms with Crippen LogP contribution in [0.4, 0.5) is 0 Å². The topological polar surface area (TPSA) is 80.9 Å². The summed E-state index contributed by atoms with van der Waals surface area (Å²) in [6, 6.07) is 20.1. The Kier molecular flexibility index (Phi) is 15.1. The van der Waals surface area contributed by atoms with Gasteiger partial charge in [-0.05, 0) is 48.6 Å². The van der Waals surface area contributed by atoms with Gasteiger partial charge in [0, 0.05) is 38.3 Å². The largest absolute Gasteiger partial charge is 0.396 e. The van der Waals surface area contributed by atoms with Crippen molar-refractivity contribution in [2.45, 2.75) is 37.5 Å². The van der Waals surface area contributed by atoms with Gasteiger partial charge in [0.2, 0.25) is 0 Å². The summed E-state index contributed by atoms with van der Waals surface area (Å²) in [6.45, 7) is 8.29. The van der Waals surface area contributed by atoms with Crippen LogP contribution in [0.25, 0.3) is 0 Å². The third-order valence-corrected chi connectivity index (χ3v) is 5.83. The highest BCUT2D eigenvalue weighted by molar-refractivity contribution is 5.25. The molecule has 4 N–H and O–H groups in total. The van der Waals surface area contributed by atoms with E-state index in [4.69, 9.17) is 10.2 Å². The highest BCUT2D eigenvalue weighted by atomic mass is 16.3. The fourth-order valence-corrected chi connectivity index (χ4v) is 4.03. The molecule has 4 nitrogen and oxygen atoms in total. The summed E-state index contributed by atoms with van der Waals surface area (Å²) in [5.74, 6) is 0.620. The predicted molar refractivity (Wildman–Crippen MR) is 133 cm³/mol. The first-order chi connectivity index (χ1) is 15.7. The van der Waals surface area contributed by atoms with Crippen LogP contribution in [-0.4, -0.2) is 46.9 Å². The zero-order valence-corrected chi connectivity index (χ0v) is 19.1. The summed E-state index contributed by atoms with van der Waals surface area (Å²) in [6.07, 6.45) is 6.85. The Labute approximate surface area is 193 Å². The summed E-state index contributed by atoms with van der Waals surface area (Å²) < 4.78 is 0. The number of hydrogen-bond acceptors (Lipinski definition) is 4. The molecule has 0 saturated heterocycles. The van der Waals surface area contributed by atoms with Gasteiger partial charge in [-0.1, -0.05) is 72.8 Å². The van der Waals surface area contributed by atoms with E-state index in [1.54, 1.807) is 0 Å². The van der Waals surface area contributed by atoms with Crippen LogP contribution in [0.3, 0.4) is 0 Å². The molecule has 0 bridgehead atoms. The normalized spacial score (nSPS) is 14.4. The second kappa shape index (κ2) is 17.3. The Morgan fingerprint density at radius 3 is 1.19 bits per heavy atom. The van der Waals surface area contributed by atoms with Crippen molar-refractivity contribution in [2.75, 3.05) is 26.4 Å². The van der Waals surface area contributed by atoms with Crippen molar-refractivity contribution in [3.05, 3.63) is 97.1 Å². The fraction of sp³-hybridized carbons (Fsp3) is 0.429. The van der Waals surface area contributed by atoms with E-state index in [0.29, 0.717) is 0 Å². The van der Waals surface area contributed by atoms with Crippen LogP contribution in [0.15, 0.2) is 86.0 Å². The first-order valence-corrected chi connectivity index (χ1v) is 11.4. The molecule has 4 atom stereocenters. The molecule has 32 heavy (non-hydrogen) atoms. The molecule has 2 rings (SSSR count). The molecule has 2 aromatic rings. The Hall–Kier alpha value is -2.24. The van der Waals surface area contributed by atoms with Crippen LogP contribution in [0.1, 0.15) is 48.6 Å². The second-order valence-corrected chi connectivity index (χ2v) is 7.96. The highest BCUT2D eigenvalue weighted by Crippen LogP contribution is 2.29. The highest BCUT2D eigenvalue weighted by Gasteiger charge is 2.20. The molecule has 0 aliphatic rings. The molecule has 0 aliphatic heterocycles. The first kappa shape index (κ1) is 27.8. The van der Waals surface area contributed by atoms with Crippen LogP contribution in [-0.2, 0) is 0 Å². The molecule has 0 spiro atoms. The van der Waals surface area contributed by atoms with Crippen molar-refractivity contribution >= 4 is 0 Å². The summed E-state index contributed by atoms with van der Waals surface area (Å²) in [7, 11) is 0. The van der Waals surface area contributed by atoms with Crippen molar-refractivity contribution in [1.82, 2.24) is 0 Å². The fourth-order valence-electron chi connectivity index (χ4n) is 4.03. The van der Waals surface area contributed by atoms with Gasteiger partial charge in [0.1, 0.15) is 0 Å². The monoisotopic (exact) mass is 440 g/mol. The van der Waals surface area contributed by atoms with Crippen LogP contribution < -0.4 is 0 Å². The van der Waals surface area contributed by atoms with E-state index in [9.17, 15) is 10.2 Å². The maximum atomic E-state index is 9.39. The third kappa shape index (κ3) is 9.49. The average molecular weight is 441 g/mol. The van der Waals surface area contributed by atoms with Gasteiger partial charge in [-0.3, -0.25) is 0 Å². The molecule has 2 aromatic carbocycles. The smallest absolute Gasteiger partial charge is 0.0468 e. The quantitative estimate of drug-likeness (QED) is 0.322. The van der Waals surface area contributed by atoms with Crippen molar-refractivity contribution < 1.29 is 20.4 Å². The van der Waals surface area contributed by atoms with E-state index in [1.807, 2.05) is 72.8 Å². The lowest BCUT2D eigenvalue weighted by atomic mass is 9.84. The molecule has 0 aliphatic carbocycles. The van der Waals surface area contributed by atoms with Crippen molar-refractivity contribution in [2.24, 2.45) is 11.8 Å². The average Bonchev–Trinajstić information content (AvgIpc) is 2.85. The van der Waals surface area contributed by atoms with Crippen LogP contribution in [0.5, 0.6) is 0 Å². The van der Waals surface area contributed by atoms with E-state index in [2.05, 4.69) is 13.2 Å². The molecule has 0 aromatic heterocycles. The number of rotatable bonds is 14. The lowest BCUT2D eigenvalue weighted by Gasteiger charge is -2.22. The van der Waals surface area contributed by atoms with Gasteiger partial charge in [0.05, 0.1) is 0 Å². The molecular formula is C28H40O4. The number of aliphatic hydroxyl groups is 4. The molecule has 4 heteroatoms. The third-order valence-electron chi connectivity index (χ3n) is 5.83. The lowest BCUT2D eigenvalue weighted by molar-refractivity contribution is 0.191. The van der Waals surface area contributed by atoms with Gasteiger partial charge in [0.15, 0.2) is 0 Å². The van der Waals surface area contributed by atoms with Gasteiger partial charge in [-0.2, -0.15) is 0 Å². The molecule has 0 heterocycles. The maximum absolute atomic E-state index is 9.39. The van der Waals surface area contributed by atoms with Crippen molar-refractivity contribution in [3.63, 3.8) is 0 Å². The molecule has 0 fully saturated rings. The summed E-state index contributed by atoms with van der Waals surface area (Å²) in [5, 5.41) is 36.4. The SMILES string of the molecule is C=C[C@H](c1ccccc1)[C@H](CO)CCCO.C=C[C@H](c1ccccc1)[C@H](CO)CCCO. The Bertz CT molecular complexity index is 653. The van der Waals surface area contributed by atoms with Gasteiger partial charge in [-0.25, -0.2) is 0 Å². The van der Waals surface area contributed by atoms with E-state index >= 15 is 0 Å². The number of benzene rings is 2. The number of hydrogen-bond donors (Lipinski definition) is 4. The summed E-state index contributed by atoms with van der Waals surface area (Å²) >= 11 is 0. The van der Waals surface area contributed by atoms with Crippen LogP contribution in [0.2, 0.25) is 0 Å². The zero-order valence-electron chi connectivity index (χ0n) is 19.1. The van der Waals surface area contributed by atoms with Gasteiger partial charge < -0.3 is 20.4 Å². The molecule has 0 saturated carbocycles. The van der Waals surface area contributed by atoms with Gasteiger partial charge >= 0.3 is 0 Å². The van der Waals surface area contributed by atoms with Crippen LogP contribution in [0, 0.1) is 11.8 Å². The van der Waals surface area contributed by atoms with Gasteiger partial charge in [0.25, 0.3) is 0 Å². The predicted octanol–water partition coefficient (Wildman–Crippen LogP) is 4.67.